The zero-order chi connectivity index (χ0) is 13.8. The number of hydrogen-bond acceptors (Lipinski definition) is 2. The number of rotatable bonds is 4. The number of benzene rings is 1. The topological polar surface area (TPSA) is 40.6 Å². The molecule has 0 aromatic heterocycles. The fourth-order valence-electron chi connectivity index (χ4n) is 2.42. The van der Waals surface area contributed by atoms with Gasteiger partial charge in [-0.1, -0.05) is 6.07 Å². The summed E-state index contributed by atoms with van der Waals surface area (Å²) in [6.07, 6.45) is 1.50. The van der Waals surface area contributed by atoms with Crippen molar-refractivity contribution in [2.24, 2.45) is 0 Å². The largest absolute Gasteiger partial charge is 0.339 e. The van der Waals surface area contributed by atoms with Crippen molar-refractivity contribution >= 4 is 17.5 Å². The molecule has 0 saturated carbocycles. The van der Waals surface area contributed by atoms with Crippen LogP contribution in [0.25, 0.3) is 0 Å². The van der Waals surface area contributed by atoms with Crippen molar-refractivity contribution in [2.75, 3.05) is 24.5 Å². The molecule has 0 N–H and O–H groups in total. The lowest BCUT2D eigenvalue weighted by Gasteiger charge is -2.20. The van der Waals surface area contributed by atoms with Gasteiger partial charge in [-0.3, -0.25) is 9.59 Å². The highest BCUT2D eigenvalue weighted by atomic mass is 16.2. The van der Waals surface area contributed by atoms with Crippen LogP contribution in [0.4, 0.5) is 5.69 Å². The van der Waals surface area contributed by atoms with Gasteiger partial charge in [0.2, 0.25) is 5.91 Å². The number of carbonyl (C=O) groups is 2. The highest BCUT2D eigenvalue weighted by Crippen LogP contribution is 2.22. The summed E-state index contributed by atoms with van der Waals surface area (Å²) < 4.78 is 0. The van der Waals surface area contributed by atoms with E-state index in [1.807, 2.05) is 38.1 Å². The SMILES string of the molecule is CCN(CC)C(=O)c1cccc(N2CCCC2=O)c1. The van der Waals surface area contributed by atoms with Crippen LogP contribution < -0.4 is 4.90 Å². The molecular formula is C15H20N2O2. The van der Waals surface area contributed by atoms with Gasteiger partial charge in [-0.2, -0.15) is 0 Å². The molecule has 2 rings (SSSR count). The molecule has 4 nitrogen and oxygen atoms in total. The first-order valence-corrected chi connectivity index (χ1v) is 6.87. The summed E-state index contributed by atoms with van der Waals surface area (Å²) in [7, 11) is 0. The molecule has 1 aliphatic rings. The van der Waals surface area contributed by atoms with Crippen molar-refractivity contribution in [1.29, 1.82) is 0 Å². The number of amides is 2. The molecule has 0 bridgehead atoms. The quantitative estimate of drug-likeness (QED) is 0.833. The van der Waals surface area contributed by atoms with Crippen LogP contribution in [0.5, 0.6) is 0 Å². The molecule has 1 saturated heterocycles. The molecule has 19 heavy (non-hydrogen) atoms. The Morgan fingerprint density at radius 2 is 2.05 bits per heavy atom. The molecule has 102 valence electrons. The van der Waals surface area contributed by atoms with Crippen molar-refractivity contribution in [2.45, 2.75) is 26.7 Å². The van der Waals surface area contributed by atoms with Crippen LogP contribution in [0, 0.1) is 0 Å². The third-order valence-corrected chi connectivity index (χ3v) is 3.53. The van der Waals surface area contributed by atoms with E-state index in [9.17, 15) is 9.59 Å². The van der Waals surface area contributed by atoms with E-state index in [-0.39, 0.29) is 11.8 Å². The fraction of sp³-hybridized carbons (Fsp3) is 0.467. The lowest BCUT2D eigenvalue weighted by molar-refractivity contribution is -0.117. The minimum Gasteiger partial charge on any atom is -0.339 e. The van der Waals surface area contributed by atoms with Gasteiger partial charge in [-0.25, -0.2) is 0 Å². The summed E-state index contributed by atoms with van der Waals surface area (Å²) >= 11 is 0. The average molecular weight is 260 g/mol. The van der Waals surface area contributed by atoms with E-state index >= 15 is 0 Å². The molecule has 1 aliphatic heterocycles. The maximum Gasteiger partial charge on any atom is 0.253 e. The Morgan fingerprint density at radius 3 is 2.63 bits per heavy atom. The fourth-order valence-corrected chi connectivity index (χ4v) is 2.42. The summed E-state index contributed by atoms with van der Waals surface area (Å²) in [6, 6.07) is 7.37. The van der Waals surface area contributed by atoms with Crippen molar-refractivity contribution in [1.82, 2.24) is 4.90 Å². The summed E-state index contributed by atoms with van der Waals surface area (Å²) in [5.74, 6) is 0.172. The summed E-state index contributed by atoms with van der Waals surface area (Å²) in [5.41, 5.74) is 1.49. The second-order valence-electron chi connectivity index (χ2n) is 4.68. The second kappa shape index (κ2) is 5.87. The zero-order valence-corrected chi connectivity index (χ0v) is 11.6. The maximum atomic E-state index is 12.3. The molecule has 1 heterocycles. The predicted molar refractivity (Wildman–Crippen MR) is 75.3 cm³/mol. The Kier molecular flexibility index (Phi) is 4.20. The van der Waals surface area contributed by atoms with E-state index in [0.29, 0.717) is 25.1 Å². The monoisotopic (exact) mass is 260 g/mol. The van der Waals surface area contributed by atoms with Crippen LogP contribution >= 0.6 is 0 Å². The van der Waals surface area contributed by atoms with Gasteiger partial charge in [0.1, 0.15) is 0 Å². The lowest BCUT2D eigenvalue weighted by Crippen LogP contribution is -2.31. The normalized spacial score (nSPS) is 14.8. The molecule has 0 aliphatic carbocycles. The Morgan fingerprint density at radius 1 is 1.32 bits per heavy atom. The molecule has 0 radical (unpaired) electrons. The minimum absolute atomic E-state index is 0.0264. The van der Waals surface area contributed by atoms with E-state index in [1.54, 1.807) is 9.80 Å². The number of hydrogen-bond donors (Lipinski definition) is 0. The standard InChI is InChI=1S/C15H20N2O2/c1-3-16(4-2)15(19)12-7-5-8-13(11-12)17-10-6-9-14(17)18/h5,7-8,11H,3-4,6,9-10H2,1-2H3. The summed E-state index contributed by atoms with van der Waals surface area (Å²) in [4.78, 5) is 27.6. The second-order valence-corrected chi connectivity index (χ2v) is 4.68. The average Bonchev–Trinajstić information content (AvgIpc) is 2.86. The Bertz CT molecular complexity index is 481. The van der Waals surface area contributed by atoms with Gasteiger partial charge in [0, 0.05) is 37.3 Å². The zero-order valence-electron chi connectivity index (χ0n) is 11.6. The van der Waals surface area contributed by atoms with Crippen LogP contribution in [0.3, 0.4) is 0 Å². The predicted octanol–water partition coefficient (Wildman–Crippen LogP) is 2.30. The Labute approximate surface area is 114 Å². The first kappa shape index (κ1) is 13.6. The van der Waals surface area contributed by atoms with Crippen LogP contribution in [0.2, 0.25) is 0 Å². The van der Waals surface area contributed by atoms with Gasteiger partial charge in [0.15, 0.2) is 0 Å². The third kappa shape index (κ3) is 2.78. The van der Waals surface area contributed by atoms with E-state index < -0.39 is 0 Å². The molecule has 1 aromatic carbocycles. The van der Waals surface area contributed by atoms with Gasteiger partial charge in [-0.05, 0) is 38.5 Å². The van der Waals surface area contributed by atoms with Crippen molar-refractivity contribution in [3.63, 3.8) is 0 Å². The third-order valence-electron chi connectivity index (χ3n) is 3.53. The number of anilines is 1. The van der Waals surface area contributed by atoms with E-state index in [1.165, 1.54) is 0 Å². The van der Waals surface area contributed by atoms with E-state index in [4.69, 9.17) is 0 Å². The first-order valence-electron chi connectivity index (χ1n) is 6.87. The molecule has 2 amide bonds. The van der Waals surface area contributed by atoms with E-state index in [2.05, 4.69) is 0 Å². The summed E-state index contributed by atoms with van der Waals surface area (Å²) in [6.45, 7) is 6.08. The van der Waals surface area contributed by atoms with Gasteiger partial charge in [0.25, 0.3) is 5.91 Å². The lowest BCUT2D eigenvalue weighted by atomic mass is 10.1. The number of nitrogens with zero attached hydrogens (tertiary/aromatic N) is 2. The maximum absolute atomic E-state index is 12.3. The highest BCUT2D eigenvalue weighted by Gasteiger charge is 2.22. The van der Waals surface area contributed by atoms with Gasteiger partial charge >= 0.3 is 0 Å². The van der Waals surface area contributed by atoms with Crippen molar-refractivity contribution in [3.8, 4) is 0 Å². The van der Waals surface area contributed by atoms with E-state index in [0.717, 1.165) is 18.7 Å². The Hall–Kier alpha value is -1.84. The van der Waals surface area contributed by atoms with Crippen LogP contribution in [-0.4, -0.2) is 36.3 Å². The van der Waals surface area contributed by atoms with Crippen LogP contribution in [0.1, 0.15) is 37.0 Å². The molecule has 1 fully saturated rings. The molecule has 4 heteroatoms. The smallest absolute Gasteiger partial charge is 0.253 e. The molecule has 0 unspecified atom stereocenters. The molecule has 0 atom stereocenters. The Balaban J connectivity index is 2.24. The minimum atomic E-state index is 0.0264. The molecule has 0 spiro atoms. The van der Waals surface area contributed by atoms with Crippen molar-refractivity contribution in [3.05, 3.63) is 29.8 Å². The van der Waals surface area contributed by atoms with Gasteiger partial charge in [0.05, 0.1) is 0 Å². The van der Waals surface area contributed by atoms with Gasteiger partial charge < -0.3 is 9.80 Å². The van der Waals surface area contributed by atoms with Crippen LogP contribution in [0.15, 0.2) is 24.3 Å². The molecule has 1 aromatic rings. The molecular weight excluding hydrogens is 240 g/mol. The number of carbonyl (C=O) groups excluding carboxylic acids is 2. The first-order chi connectivity index (χ1) is 9.17. The van der Waals surface area contributed by atoms with Gasteiger partial charge in [-0.15, -0.1) is 0 Å². The van der Waals surface area contributed by atoms with Crippen LogP contribution in [-0.2, 0) is 4.79 Å². The summed E-state index contributed by atoms with van der Waals surface area (Å²) in [5, 5.41) is 0. The van der Waals surface area contributed by atoms with Crippen molar-refractivity contribution < 1.29 is 9.59 Å². The highest BCUT2D eigenvalue weighted by molar-refractivity contribution is 5.99.